The number of ether oxygens (including phenoxy) is 1. The van der Waals surface area contributed by atoms with Crippen LogP contribution in [0.2, 0.25) is 0 Å². The number of piperazine rings is 1. The quantitative estimate of drug-likeness (QED) is 0.923. The molecule has 1 saturated heterocycles. The molecule has 1 saturated carbocycles. The van der Waals surface area contributed by atoms with Gasteiger partial charge >= 0.3 is 0 Å². The van der Waals surface area contributed by atoms with Crippen LogP contribution in [0.25, 0.3) is 0 Å². The minimum Gasteiger partial charge on any atom is -0.497 e. The van der Waals surface area contributed by atoms with Gasteiger partial charge in [-0.3, -0.25) is 4.79 Å². The van der Waals surface area contributed by atoms with Crippen LogP contribution in [0.4, 0.5) is 5.69 Å². The third-order valence-corrected chi connectivity index (χ3v) is 5.56. The van der Waals surface area contributed by atoms with Crippen LogP contribution in [0.15, 0.2) is 24.3 Å². The number of benzene rings is 1. The lowest BCUT2D eigenvalue weighted by Crippen LogP contribution is -2.57. The van der Waals surface area contributed by atoms with Gasteiger partial charge in [0.2, 0.25) is 5.91 Å². The van der Waals surface area contributed by atoms with Gasteiger partial charge in [-0.05, 0) is 31.9 Å². The number of anilines is 1. The lowest BCUT2D eigenvalue weighted by molar-refractivity contribution is -0.139. The lowest BCUT2D eigenvalue weighted by Gasteiger charge is -2.42. The van der Waals surface area contributed by atoms with Crippen molar-refractivity contribution in [2.45, 2.75) is 38.1 Å². The Morgan fingerprint density at radius 2 is 2.00 bits per heavy atom. The summed E-state index contributed by atoms with van der Waals surface area (Å²) in [5.74, 6) is 1.10. The molecule has 0 aromatic heterocycles. The van der Waals surface area contributed by atoms with E-state index in [2.05, 4.69) is 17.0 Å². The molecule has 24 heavy (non-hydrogen) atoms. The molecule has 0 spiro atoms. The summed E-state index contributed by atoms with van der Waals surface area (Å²) in [6.45, 7) is 5.28. The minimum atomic E-state index is -0.348. The fraction of sp³-hybridized carbons (Fsp3) is 0.632. The number of nitrogens with zero attached hydrogens (tertiary/aromatic N) is 2. The molecule has 1 heterocycles. The second-order valence-electron chi connectivity index (χ2n) is 7.32. The molecule has 1 aliphatic carbocycles. The predicted octanol–water partition coefficient (Wildman–Crippen LogP) is 2.25. The fourth-order valence-corrected chi connectivity index (χ4v) is 3.98. The van der Waals surface area contributed by atoms with Crippen LogP contribution >= 0.6 is 0 Å². The molecule has 2 fully saturated rings. The first-order valence-corrected chi connectivity index (χ1v) is 8.98. The molecule has 3 rings (SSSR count). The van der Waals surface area contributed by atoms with E-state index in [9.17, 15) is 4.79 Å². The molecule has 1 aromatic rings. The summed E-state index contributed by atoms with van der Waals surface area (Å²) in [4.78, 5) is 17.2. The van der Waals surface area contributed by atoms with Crippen molar-refractivity contribution in [3.63, 3.8) is 0 Å². The van der Waals surface area contributed by atoms with E-state index >= 15 is 0 Å². The van der Waals surface area contributed by atoms with Crippen molar-refractivity contribution in [2.24, 2.45) is 11.7 Å². The summed E-state index contributed by atoms with van der Waals surface area (Å²) in [5.41, 5.74) is 7.22. The Labute approximate surface area is 144 Å². The molecule has 0 bridgehead atoms. The first-order chi connectivity index (χ1) is 11.5. The Balaban J connectivity index is 1.61. The van der Waals surface area contributed by atoms with Gasteiger partial charge in [0.1, 0.15) is 5.75 Å². The van der Waals surface area contributed by atoms with Crippen molar-refractivity contribution in [2.75, 3.05) is 38.2 Å². The van der Waals surface area contributed by atoms with E-state index in [1.54, 1.807) is 7.11 Å². The fourth-order valence-electron chi connectivity index (χ4n) is 3.98. The molecule has 2 N–H and O–H groups in total. The van der Waals surface area contributed by atoms with Crippen molar-refractivity contribution in [3.8, 4) is 5.75 Å². The number of hydrogen-bond donors (Lipinski definition) is 1. The molecule has 5 heteroatoms. The monoisotopic (exact) mass is 331 g/mol. The maximum Gasteiger partial charge on any atom is 0.227 e. The van der Waals surface area contributed by atoms with Crippen molar-refractivity contribution < 1.29 is 9.53 Å². The van der Waals surface area contributed by atoms with Gasteiger partial charge in [-0.25, -0.2) is 0 Å². The zero-order valence-corrected chi connectivity index (χ0v) is 14.8. The molecule has 1 amide bonds. The highest BCUT2D eigenvalue weighted by atomic mass is 16.5. The first kappa shape index (κ1) is 17.1. The molecular weight excluding hydrogens is 302 g/mol. The van der Waals surface area contributed by atoms with E-state index in [-0.39, 0.29) is 17.4 Å². The number of carbonyl (C=O) groups excluding carboxylic acids is 1. The number of carbonyl (C=O) groups is 1. The molecule has 1 aliphatic heterocycles. The van der Waals surface area contributed by atoms with E-state index in [1.165, 1.54) is 0 Å². The molecular formula is C19H29N3O2. The van der Waals surface area contributed by atoms with Crippen molar-refractivity contribution >= 4 is 11.6 Å². The third kappa shape index (κ3) is 3.51. The second kappa shape index (κ2) is 7.01. The Morgan fingerprint density at radius 3 is 2.67 bits per heavy atom. The Hall–Kier alpha value is -1.75. The molecule has 2 aliphatic rings. The summed E-state index contributed by atoms with van der Waals surface area (Å²) in [6, 6.07) is 8.11. The summed E-state index contributed by atoms with van der Waals surface area (Å²) in [6.07, 6.45) is 4.14. The molecule has 0 radical (unpaired) electrons. The minimum absolute atomic E-state index is 0.0189. The highest BCUT2D eigenvalue weighted by molar-refractivity contribution is 5.80. The topological polar surface area (TPSA) is 58.8 Å². The molecule has 2 atom stereocenters. The molecule has 1 aromatic carbocycles. The number of hydrogen-bond acceptors (Lipinski definition) is 4. The second-order valence-corrected chi connectivity index (χ2v) is 7.32. The summed E-state index contributed by atoms with van der Waals surface area (Å²) in [5, 5.41) is 0. The zero-order valence-electron chi connectivity index (χ0n) is 14.8. The van der Waals surface area contributed by atoms with Gasteiger partial charge in [-0.15, -0.1) is 0 Å². The highest BCUT2D eigenvalue weighted by Crippen LogP contribution is 2.33. The Morgan fingerprint density at radius 1 is 1.25 bits per heavy atom. The number of amides is 1. The number of methoxy groups -OCH3 is 1. The third-order valence-electron chi connectivity index (χ3n) is 5.56. The van der Waals surface area contributed by atoms with E-state index < -0.39 is 0 Å². The van der Waals surface area contributed by atoms with Crippen molar-refractivity contribution in [1.29, 1.82) is 0 Å². The SMILES string of the molecule is COc1cccc(N2CCN(C(=O)C3CCCCC3(C)N)CC2)c1. The summed E-state index contributed by atoms with van der Waals surface area (Å²) >= 11 is 0. The Bertz CT molecular complexity index is 580. The van der Waals surface area contributed by atoms with Gasteiger partial charge in [0, 0.05) is 43.5 Å². The van der Waals surface area contributed by atoms with Gasteiger partial charge < -0.3 is 20.3 Å². The maximum absolute atomic E-state index is 12.9. The zero-order chi connectivity index (χ0) is 17.2. The van der Waals surface area contributed by atoms with Gasteiger partial charge in [0.15, 0.2) is 0 Å². The molecule has 2 unspecified atom stereocenters. The van der Waals surface area contributed by atoms with Gasteiger partial charge in [-0.2, -0.15) is 0 Å². The van der Waals surface area contributed by atoms with Crippen LogP contribution in [0.1, 0.15) is 32.6 Å². The summed E-state index contributed by atoms with van der Waals surface area (Å²) in [7, 11) is 1.68. The predicted molar refractivity (Wildman–Crippen MR) is 96.3 cm³/mol. The maximum atomic E-state index is 12.9. The van der Waals surface area contributed by atoms with Crippen LogP contribution in [0.3, 0.4) is 0 Å². The van der Waals surface area contributed by atoms with E-state index in [1.807, 2.05) is 24.0 Å². The van der Waals surface area contributed by atoms with Crippen LogP contribution in [0, 0.1) is 5.92 Å². The standard InChI is InChI=1S/C19H29N3O2/c1-19(20)9-4-3-8-17(19)18(23)22-12-10-21(11-13-22)15-6-5-7-16(14-15)24-2/h5-7,14,17H,3-4,8-13,20H2,1-2H3. The first-order valence-electron chi connectivity index (χ1n) is 8.98. The molecule has 132 valence electrons. The van der Waals surface area contributed by atoms with Crippen molar-refractivity contribution in [1.82, 2.24) is 4.90 Å². The van der Waals surface area contributed by atoms with Gasteiger partial charge in [0.25, 0.3) is 0 Å². The number of rotatable bonds is 3. The summed E-state index contributed by atoms with van der Waals surface area (Å²) < 4.78 is 5.30. The van der Waals surface area contributed by atoms with E-state index in [0.29, 0.717) is 0 Å². The van der Waals surface area contributed by atoms with E-state index in [4.69, 9.17) is 10.5 Å². The lowest BCUT2D eigenvalue weighted by atomic mass is 9.74. The number of nitrogens with two attached hydrogens (primary N) is 1. The van der Waals surface area contributed by atoms with Crippen LogP contribution in [0.5, 0.6) is 5.75 Å². The smallest absolute Gasteiger partial charge is 0.227 e. The van der Waals surface area contributed by atoms with Gasteiger partial charge in [-0.1, -0.05) is 18.9 Å². The highest BCUT2D eigenvalue weighted by Gasteiger charge is 2.40. The normalized spacial score (nSPS) is 27.9. The Kier molecular flexibility index (Phi) is 4.99. The van der Waals surface area contributed by atoms with Crippen LogP contribution < -0.4 is 15.4 Å². The van der Waals surface area contributed by atoms with Crippen LogP contribution in [-0.4, -0.2) is 49.6 Å². The average molecular weight is 331 g/mol. The largest absolute Gasteiger partial charge is 0.497 e. The van der Waals surface area contributed by atoms with E-state index in [0.717, 1.165) is 63.3 Å². The van der Waals surface area contributed by atoms with Gasteiger partial charge in [0.05, 0.1) is 13.0 Å². The van der Waals surface area contributed by atoms with Crippen LogP contribution in [-0.2, 0) is 4.79 Å². The van der Waals surface area contributed by atoms with Crippen molar-refractivity contribution in [3.05, 3.63) is 24.3 Å². The molecule has 5 nitrogen and oxygen atoms in total. The average Bonchev–Trinajstić information content (AvgIpc) is 2.61.